The lowest BCUT2D eigenvalue weighted by atomic mass is 10.1. The second kappa shape index (κ2) is 5.12. The molecule has 0 saturated heterocycles. The number of pyridine rings is 1. The highest BCUT2D eigenvalue weighted by Crippen LogP contribution is 2.28. The van der Waals surface area contributed by atoms with Crippen LogP contribution in [0.25, 0.3) is 10.9 Å². The van der Waals surface area contributed by atoms with Crippen molar-refractivity contribution >= 4 is 16.6 Å². The Morgan fingerprint density at radius 2 is 2.05 bits per heavy atom. The van der Waals surface area contributed by atoms with Gasteiger partial charge in [0.2, 0.25) is 5.89 Å². The van der Waals surface area contributed by atoms with Crippen LogP contribution >= 0.6 is 0 Å². The third-order valence-electron chi connectivity index (χ3n) is 3.26. The van der Waals surface area contributed by atoms with Gasteiger partial charge in [-0.2, -0.15) is 4.98 Å². The maximum atomic E-state index is 13.9. The van der Waals surface area contributed by atoms with Gasteiger partial charge in [-0.3, -0.25) is 0 Å². The van der Waals surface area contributed by atoms with E-state index in [1.807, 2.05) is 31.0 Å². The fourth-order valence-electron chi connectivity index (χ4n) is 2.34. The van der Waals surface area contributed by atoms with Crippen molar-refractivity contribution < 1.29 is 8.91 Å². The summed E-state index contributed by atoms with van der Waals surface area (Å²) in [6.07, 6.45) is 0. The molecular weight excluding hydrogens is 271 g/mol. The predicted octanol–water partition coefficient (Wildman–Crippen LogP) is 3.01. The predicted molar refractivity (Wildman–Crippen MR) is 77.6 cm³/mol. The van der Waals surface area contributed by atoms with Crippen molar-refractivity contribution in [3.8, 4) is 0 Å². The largest absolute Gasteiger partial charge is 0.366 e. The molecule has 0 aliphatic heterocycles. The van der Waals surface area contributed by atoms with E-state index in [1.54, 1.807) is 13.0 Å². The standard InChI is InChI=1S/C15H15FN4O/c1-9-7-13(11-5-4-6-12(16)15(11)17-9)20(3)8-14-18-10(2)21-19-14/h4-7H,8H2,1-3H3. The van der Waals surface area contributed by atoms with E-state index < -0.39 is 0 Å². The highest BCUT2D eigenvalue weighted by molar-refractivity contribution is 5.92. The summed E-state index contributed by atoms with van der Waals surface area (Å²) < 4.78 is 18.9. The van der Waals surface area contributed by atoms with E-state index in [0.29, 0.717) is 23.8 Å². The fourth-order valence-corrected chi connectivity index (χ4v) is 2.34. The van der Waals surface area contributed by atoms with Gasteiger partial charge >= 0.3 is 0 Å². The molecule has 0 radical (unpaired) electrons. The molecule has 0 atom stereocenters. The number of fused-ring (bicyclic) bond motifs is 1. The minimum Gasteiger partial charge on any atom is -0.366 e. The summed E-state index contributed by atoms with van der Waals surface area (Å²) in [6, 6.07) is 6.89. The zero-order chi connectivity index (χ0) is 15.0. The molecule has 0 bridgehead atoms. The lowest BCUT2D eigenvalue weighted by Crippen LogP contribution is -2.18. The summed E-state index contributed by atoms with van der Waals surface area (Å²) >= 11 is 0. The van der Waals surface area contributed by atoms with Crippen molar-refractivity contribution in [2.75, 3.05) is 11.9 Å². The van der Waals surface area contributed by atoms with Gasteiger partial charge in [0.05, 0.1) is 6.54 Å². The Hall–Kier alpha value is -2.50. The lowest BCUT2D eigenvalue weighted by Gasteiger charge is -2.20. The molecule has 0 aliphatic carbocycles. The molecule has 3 aromatic rings. The van der Waals surface area contributed by atoms with Gasteiger partial charge in [-0.1, -0.05) is 17.3 Å². The molecule has 2 heterocycles. The number of anilines is 1. The van der Waals surface area contributed by atoms with Crippen LogP contribution in [-0.2, 0) is 6.54 Å². The molecule has 0 fully saturated rings. The van der Waals surface area contributed by atoms with Gasteiger partial charge in [0.1, 0.15) is 11.3 Å². The van der Waals surface area contributed by atoms with Gasteiger partial charge in [0.25, 0.3) is 0 Å². The average Bonchev–Trinajstić information content (AvgIpc) is 2.84. The molecule has 2 aromatic heterocycles. The van der Waals surface area contributed by atoms with Gasteiger partial charge in [0, 0.05) is 30.7 Å². The van der Waals surface area contributed by atoms with Crippen LogP contribution < -0.4 is 4.90 Å². The number of rotatable bonds is 3. The zero-order valence-electron chi connectivity index (χ0n) is 12.1. The van der Waals surface area contributed by atoms with Crippen molar-refractivity contribution in [3.05, 3.63) is 47.5 Å². The number of hydrogen-bond donors (Lipinski definition) is 0. The normalized spacial score (nSPS) is 11.0. The van der Waals surface area contributed by atoms with E-state index in [1.165, 1.54) is 6.07 Å². The number of halogens is 1. The molecule has 6 heteroatoms. The van der Waals surface area contributed by atoms with E-state index in [9.17, 15) is 4.39 Å². The summed E-state index contributed by atoms with van der Waals surface area (Å²) in [5.74, 6) is 0.801. The molecule has 0 spiro atoms. The van der Waals surface area contributed by atoms with Crippen LogP contribution in [0.1, 0.15) is 17.4 Å². The lowest BCUT2D eigenvalue weighted by molar-refractivity contribution is 0.387. The Bertz CT molecular complexity index is 799. The van der Waals surface area contributed by atoms with E-state index in [-0.39, 0.29) is 5.82 Å². The highest BCUT2D eigenvalue weighted by Gasteiger charge is 2.13. The topological polar surface area (TPSA) is 55.1 Å². The number of aryl methyl sites for hydroxylation is 2. The molecule has 5 nitrogen and oxygen atoms in total. The van der Waals surface area contributed by atoms with E-state index in [2.05, 4.69) is 15.1 Å². The van der Waals surface area contributed by atoms with Gasteiger partial charge in [-0.25, -0.2) is 9.37 Å². The van der Waals surface area contributed by atoms with E-state index in [4.69, 9.17) is 4.52 Å². The first-order valence-electron chi connectivity index (χ1n) is 6.61. The first-order valence-corrected chi connectivity index (χ1v) is 6.61. The molecule has 0 N–H and O–H groups in total. The van der Waals surface area contributed by atoms with Crippen LogP contribution in [0.4, 0.5) is 10.1 Å². The van der Waals surface area contributed by atoms with Crippen LogP contribution in [0.15, 0.2) is 28.8 Å². The molecule has 0 saturated carbocycles. The smallest absolute Gasteiger partial charge is 0.223 e. The van der Waals surface area contributed by atoms with Crippen LogP contribution in [0.2, 0.25) is 0 Å². The van der Waals surface area contributed by atoms with Crippen LogP contribution in [0.5, 0.6) is 0 Å². The molecule has 0 aliphatic rings. The monoisotopic (exact) mass is 286 g/mol. The minimum atomic E-state index is -0.318. The van der Waals surface area contributed by atoms with Crippen molar-refractivity contribution in [2.24, 2.45) is 0 Å². The van der Waals surface area contributed by atoms with Crippen LogP contribution in [0.3, 0.4) is 0 Å². The second-order valence-corrected chi connectivity index (χ2v) is 5.00. The molecule has 1 aromatic carbocycles. The van der Waals surface area contributed by atoms with Crippen molar-refractivity contribution in [1.29, 1.82) is 0 Å². The van der Waals surface area contributed by atoms with Crippen LogP contribution in [-0.4, -0.2) is 22.2 Å². The number of benzene rings is 1. The quantitative estimate of drug-likeness (QED) is 0.740. The number of nitrogens with zero attached hydrogens (tertiary/aromatic N) is 4. The Kier molecular flexibility index (Phi) is 3.29. The Morgan fingerprint density at radius 1 is 1.24 bits per heavy atom. The van der Waals surface area contributed by atoms with Gasteiger partial charge in [-0.15, -0.1) is 0 Å². The molecule has 0 unspecified atom stereocenters. The Morgan fingerprint density at radius 3 is 2.76 bits per heavy atom. The molecule has 0 amide bonds. The molecule has 3 rings (SSSR count). The molecular formula is C15H15FN4O. The van der Waals surface area contributed by atoms with Gasteiger partial charge in [0.15, 0.2) is 5.82 Å². The number of hydrogen-bond acceptors (Lipinski definition) is 5. The highest BCUT2D eigenvalue weighted by atomic mass is 19.1. The van der Waals surface area contributed by atoms with Crippen molar-refractivity contribution in [3.63, 3.8) is 0 Å². The first kappa shape index (κ1) is 13.5. The van der Waals surface area contributed by atoms with E-state index in [0.717, 1.165) is 16.8 Å². The third kappa shape index (κ3) is 2.56. The summed E-state index contributed by atoms with van der Waals surface area (Å²) in [4.78, 5) is 10.4. The fraction of sp³-hybridized carbons (Fsp3) is 0.267. The average molecular weight is 286 g/mol. The molecule has 21 heavy (non-hydrogen) atoms. The number of aromatic nitrogens is 3. The Labute approximate surface area is 121 Å². The maximum absolute atomic E-state index is 13.9. The zero-order valence-corrected chi connectivity index (χ0v) is 12.1. The SMILES string of the molecule is Cc1cc(N(C)Cc2noc(C)n2)c2cccc(F)c2n1. The van der Waals surface area contributed by atoms with Gasteiger partial charge in [-0.05, 0) is 19.1 Å². The molecule has 108 valence electrons. The van der Waals surface area contributed by atoms with Crippen molar-refractivity contribution in [2.45, 2.75) is 20.4 Å². The van der Waals surface area contributed by atoms with Crippen molar-refractivity contribution in [1.82, 2.24) is 15.1 Å². The van der Waals surface area contributed by atoms with E-state index >= 15 is 0 Å². The summed E-state index contributed by atoms with van der Waals surface area (Å²) in [5, 5.41) is 4.65. The summed E-state index contributed by atoms with van der Waals surface area (Å²) in [6.45, 7) is 4.08. The minimum absolute atomic E-state index is 0.318. The number of para-hydroxylation sites is 1. The van der Waals surface area contributed by atoms with Gasteiger partial charge < -0.3 is 9.42 Å². The maximum Gasteiger partial charge on any atom is 0.223 e. The summed E-state index contributed by atoms with van der Waals surface area (Å²) in [7, 11) is 1.91. The second-order valence-electron chi connectivity index (χ2n) is 5.00. The first-order chi connectivity index (χ1) is 10.0. The summed E-state index contributed by atoms with van der Waals surface area (Å²) in [5.41, 5.74) is 2.03. The third-order valence-corrected chi connectivity index (χ3v) is 3.26. The Balaban J connectivity index is 2.04. The van der Waals surface area contributed by atoms with Crippen LogP contribution in [0, 0.1) is 19.7 Å².